The fourth-order valence-corrected chi connectivity index (χ4v) is 3.36. The van der Waals surface area contributed by atoms with Crippen molar-refractivity contribution in [2.24, 2.45) is 5.10 Å². The molecule has 2 aromatic carbocycles. The van der Waals surface area contributed by atoms with Crippen molar-refractivity contribution in [3.8, 4) is 17.1 Å². The number of nitrogens with zero attached hydrogens (tertiary/aromatic N) is 4. The molecule has 0 aliphatic heterocycles. The van der Waals surface area contributed by atoms with Gasteiger partial charge in [-0.25, -0.2) is 15.1 Å². The summed E-state index contributed by atoms with van der Waals surface area (Å²) in [7, 11) is 0. The summed E-state index contributed by atoms with van der Waals surface area (Å²) >= 11 is 0. The van der Waals surface area contributed by atoms with Gasteiger partial charge in [-0.1, -0.05) is 61.4 Å². The SMILES string of the molecule is O=C(NN=C1CCCCCC1)c1nc(-c2ccccc2)n(-c2ccccc2)n1. The van der Waals surface area contributed by atoms with Crippen LogP contribution in [0.5, 0.6) is 0 Å². The number of rotatable bonds is 4. The fraction of sp³-hybridized carbons (Fsp3) is 0.273. The largest absolute Gasteiger partial charge is 0.311 e. The molecule has 1 aliphatic carbocycles. The van der Waals surface area contributed by atoms with Crippen LogP contribution in [0.15, 0.2) is 65.8 Å². The van der Waals surface area contributed by atoms with E-state index in [9.17, 15) is 4.79 Å². The molecular weight excluding hydrogens is 350 g/mol. The van der Waals surface area contributed by atoms with E-state index < -0.39 is 0 Å². The predicted molar refractivity (Wildman–Crippen MR) is 109 cm³/mol. The third-order valence-electron chi connectivity index (χ3n) is 4.84. The Labute approximate surface area is 164 Å². The summed E-state index contributed by atoms with van der Waals surface area (Å²) < 4.78 is 1.70. The number of carbonyl (C=O) groups is 1. The predicted octanol–water partition coefficient (Wildman–Crippen LogP) is 4.37. The lowest BCUT2D eigenvalue weighted by atomic mass is 10.2. The summed E-state index contributed by atoms with van der Waals surface area (Å²) in [5.41, 5.74) is 5.45. The molecule has 1 heterocycles. The van der Waals surface area contributed by atoms with Crippen LogP contribution in [0.1, 0.15) is 49.1 Å². The van der Waals surface area contributed by atoms with Crippen LogP contribution in [0.4, 0.5) is 0 Å². The van der Waals surface area contributed by atoms with Crippen molar-refractivity contribution < 1.29 is 4.79 Å². The van der Waals surface area contributed by atoms with E-state index >= 15 is 0 Å². The lowest BCUT2D eigenvalue weighted by molar-refractivity contribution is 0.0944. The first-order chi connectivity index (χ1) is 13.8. The number of aromatic nitrogens is 3. The number of carbonyl (C=O) groups excluding carboxylic acids is 1. The molecule has 142 valence electrons. The van der Waals surface area contributed by atoms with E-state index in [1.165, 1.54) is 12.8 Å². The van der Waals surface area contributed by atoms with E-state index in [0.29, 0.717) is 5.82 Å². The summed E-state index contributed by atoms with van der Waals surface area (Å²) in [4.78, 5) is 17.2. The van der Waals surface area contributed by atoms with Crippen LogP contribution in [0.3, 0.4) is 0 Å². The Balaban J connectivity index is 1.63. The highest BCUT2D eigenvalue weighted by Gasteiger charge is 2.18. The second kappa shape index (κ2) is 8.61. The standard InChI is InChI=1S/C22H23N5O/c28-22(25-24-18-13-7-1-2-8-14-18)20-23-21(17-11-5-3-6-12-17)27(26-20)19-15-9-4-10-16-19/h3-6,9-12,15-16H,1-2,7-8,13-14H2,(H,25,28). The zero-order valence-electron chi connectivity index (χ0n) is 15.7. The number of hydrogen-bond donors (Lipinski definition) is 1. The number of benzene rings is 2. The summed E-state index contributed by atoms with van der Waals surface area (Å²) in [6.07, 6.45) is 6.62. The minimum Gasteiger partial charge on any atom is -0.264 e. The highest BCUT2D eigenvalue weighted by Crippen LogP contribution is 2.21. The van der Waals surface area contributed by atoms with Gasteiger partial charge in [0.15, 0.2) is 5.82 Å². The average Bonchev–Trinajstić information content (AvgIpc) is 3.04. The van der Waals surface area contributed by atoms with Crippen LogP contribution >= 0.6 is 0 Å². The third-order valence-corrected chi connectivity index (χ3v) is 4.84. The van der Waals surface area contributed by atoms with Crippen molar-refractivity contribution in [1.82, 2.24) is 20.2 Å². The first-order valence-electron chi connectivity index (χ1n) is 9.75. The first kappa shape index (κ1) is 18.1. The van der Waals surface area contributed by atoms with Crippen LogP contribution in [0, 0.1) is 0 Å². The molecule has 1 saturated carbocycles. The Morgan fingerprint density at radius 3 is 2.21 bits per heavy atom. The molecule has 4 rings (SSSR count). The summed E-state index contributed by atoms with van der Waals surface area (Å²) in [6, 6.07) is 19.4. The van der Waals surface area contributed by atoms with Crippen molar-refractivity contribution in [2.45, 2.75) is 38.5 Å². The van der Waals surface area contributed by atoms with Gasteiger partial charge in [0.25, 0.3) is 0 Å². The van der Waals surface area contributed by atoms with Gasteiger partial charge < -0.3 is 0 Å². The number of hydrazone groups is 1. The maximum absolute atomic E-state index is 12.6. The maximum atomic E-state index is 12.6. The number of amides is 1. The monoisotopic (exact) mass is 373 g/mol. The number of hydrogen-bond acceptors (Lipinski definition) is 4. The first-order valence-corrected chi connectivity index (χ1v) is 9.75. The van der Waals surface area contributed by atoms with Gasteiger partial charge in [-0.3, -0.25) is 4.79 Å². The molecule has 0 radical (unpaired) electrons. The van der Waals surface area contributed by atoms with Crippen molar-refractivity contribution in [2.75, 3.05) is 0 Å². The van der Waals surface area contributed by atoms with Gasteiger partial charge in [0.1, 0.15) is 0 Å². The van der Waals surface area contributed by atoms with Crippen molar-refractivity contribution >= 4 is 11.6 Å². The molecule has 0 spiro atoms. The molecule has 0 saturated heterocycles. The Hall–Kier alpha value is -3.28. The zero-order valence-corrected chi connectivity index (χ0v) is 15.7. The second-order valence-electron chi connectivity index (χ2n) is 6.91. The third kappa shape index (κ3) is 4.17. The van der Waals surface area contributed by atoms with Crippen LogP contribution in [-0.4, -0.2) is 26.4 Å². The van der Waals surface area contributed by atoms with Crippen molar-refractivity contribution in [1.29, 1.82) is 0 Å². The van der Waals surface area contributed by atoms with Gasteiger partial charge in [-0.2, -0.15) is 5.10 Å². The number of nitrogens with one attached hydrogen (secondary N) is 1. The molecule has 6 nitrogen and oxygen atoms in total. The van der Waals surface area contributed by atoms with Gasteiger partial charge >= 0.3 is 5.91 Å². The van der Waals surface area contributed by atoms with Gasteiger partial charge in [0.05, 0.1) is 5.69 Å². The molecule has 28 heavy (non-hydrogen) atoms. The second-order valence-corrected chi connectivity index (χ2v) is 6.91. The Bertz CT molecular complexity index is 896. The summed E-state index contributed by atoms with van der Waals surface area (Å²) in [5.74, 6) is 0.350. The summed E-state index contributed by atoms with van der Waals surface area (Å²) in [5, 5.41) is 8.80. The average molecular weight is 373 g/mol. The minimum absolute atomic E-state index is 0.112. The van der Waals surface area contributed by atoms with E-state index in [0.717, 1.165) is 42.6 Å². The molecule has 0 bridgehead atoms. The Morgan fingerprint density at radius 1 is 0.893 bits per heavy atom. The van der Waals surface area contributed by atoms with E-state index in [1.54, 1.807) is 4.68 Å². The van der Waals surface area contributed by atoms with E-state index in [1.807, 2.05) is 60.7 Å². The Kier molecular flexibility index (Phi) is 5.56. The lowest BCUT2D eigenvalue weighted by Crippen LogP contribution is -2.21. The van der Waals surface area contributed by atoms with Crippen molar-refractivity contribution in [3.05, 3.63) is 66.5 Å². The normalized spacial score (nSPS) is 14.4. The topological polar surface area (TPSA) is 72.2 Å². The minimum atomic E-state index is -0.386. The van der Waals surface area contributed by atoms with Gasteiger partial charge in [0.2, 0.25) is 5.82 Å². The molecule has 1 aliphatic rings. The molecule has 1 N–H and O–H groups in total. The van der Waals surface area contributed by atoms with E-state index in [4.69, 9.17) is 0 Å². The van der Waals surface area contributed by atoms with Gasteiger partial charge in [0, 0.05) is 11.3 Å². The molecule has 6 heteroatoms. The van der Waals surface area contributed by atoms with E-state index in [2.05, 4.69) is 20.6 Å². The highest BCUT2D eigenvalue weighted by atomic mass is 16.2. The van der Waals surface area contributed by atoms with Crippen LogP contribution in [-0.2, 0) is 0 Å². The molecule has 1 fully saturated rings. The van der Waals surface area contributed by atoms with E-state index in [-0.39, 0.29) is 11.7 Å². The van der Waals surface area contributed by atoms with Gasteiger partial charge in [-0.05, 0) is 37.8 Å². The van der Waals surface area contributed by atoms with Gasteiger partial charge in [-0.15, -0.1) is 5.10 Å². The molecule has 0 atom stereocenters. The number of para-hydroxylation sites is 1. The van der Waals surface area contributed by atoms with Crippen LogP contribution in [0.2, 0.25) is 0 Å². The molecule has 0 unspecified atom stereocenters. The summed E-state index contributed by atoms with van der Waals surface area (Å²) in [6.45, 7) is 0. The Morgan fingerprint density at radius 2 is 1.54 bits per heavy atom. The van der Waals surface area contributed by atoms with Crippen LogP contribution in [0.25, 0.3) is 17.1 Å². The maximum Gasteiger partial charge on any atom is 0.311 e. The zero-order chi connectivity index (χ0) is 19.2. The highest BCUT2D eigenvalue weighted by molar-refractivity contribution is 5.93. The lowest BCUT2D eigenvalue weighted by Gasteiger charge is -2.05. The molecule has 3 aromatic rings. The molecule has 1 aromatic heterocycles. The fourth-order valence-electron chi connectivity index (χ4n) is 3.36. The van der Waals surface area contributed by atoms with Crippen LogP contribution < -0.4 is 5.43 Å². The van der Waals surface area contributed by atoms with Crippen molar-refractivity contribution in [3.63, 3.8) is 0 Å². The smallest absolute Gasteiger partial charge is 0.264 e. The molecular formula is C22H23N5O. The quantitative estimate of drug-likeness (QED) is 0.545. The molecule has 1 amide bonds.